The first-order valence-corrected chi connectivity index (χ1v) is 12.2. The Balaban J connectivity index is 1.76. The highest BCUT2D eigenvalue weighted by Gasteiger charge is 2.26. The van der Waals surface area contributed by atoms with Crippen molar-refractivity contribution in [2.24, 2.45) is 0 Å². The summed E-state index contributed by atoms with van der Waals surface area (Å²) in [5.41, 5.74) is 4.20. The first-order valence-electron chi connectivity index (χ1n) is 11.4. The topological polar surface area (TPSA) is 67.5 Å². The van der Waals surface area contributed by atoms with Crippen LogP contribution < -0.4 is 10.1 Å². The van der Waals surface area contributed by atoms with Crippen LogP contribution in [0.2, 0.25) is 0 Å². The monoisotopic (exact) mass is 473 g/mol. The van der Waals surface area contributed by atoms with Crippen LogP contribution in [0.15, 0.2) is 41.2 Å². The van der Waals surface area contributed by atoms with E-state index in [9.17, 15) is 9.90 Å². The number of aryl methyl sites for hydroxylation is 1. The highest BCUT2D eigenvalue weighted by molar-refractivity contribution is 7.15. The fraction of sp³-hybridized carbons (Fsp3) is 0.321. The molecule has 0 bridgehead atoms. The van der Waals surface area contributed by atoms with Gasteiger partial charge in [0.15, 0.2) is 5.82 Å². The molecule has 2 aromatic carbocycles. The number of aromatic hydroxyl groups is 1. The van der Waals surface area contributed by atoms with Crippen molar-refractivity contribution in [1.29, 1.82) is 0 Å². The molecule has 2 aromatic heterocycles. The number of fused-ring (bicyclic) bond motifs is 1. The third kappa shape index (κ3) is 4.82. The Morgan fingerprint density at radius 1 is 0.912 bits per heavy atom. The molecule has 4 rings (SSSR count). The van der Waals surface area contributed by atoms with E-state index < -0.39 is 0 Å². The molecule has 0 saturated heterocycles. The summed E-state index contributed by atoms with van der Waals surface area (Å²) in [5, 5.41) is 15.4. The van der Waals surface area contributed by atoms with Crippen molar-refractivity contribution >= 4 is 34.5 Å². The quantitative estimate of drug-likeness (QED) is 0.428. The lowest BCUT2D eigenvalue weighted by Gasteiger charge is -2.27. The smallest absolute Gasteiger partial charge is 0.291 e. The summed E-state index contributed by atoms with van der Waals surface area (Å²) in [5.74, 6) is 0.831. The molecule has 0 fully saturated rings. The third-order valence-electron chi connectivity index (χ3n) is 5.75. The van der Waals surface area contributed by atoms with Crippen LogP contribution in [0.5, 0.6) is 5.75 Å². The van der Waals surface area contributed by atoms with Gasteiger partial charge in [-0.05, 0) is 53.2 Å². The van der Waals surface area contributed by atoms with Crippen LogP contribution in [-0.2, 0) is 10.8 Å². The van der Waals surface area contributed by atoms with E-state index in [-0.39, 0.29) is 16.4 Å². The predicted molar refractivity (Wildman–Crippen MR) is 142 cm³/mol. The fourth-order valence-electron chi connectivity index (χ4n) is 3.80. The molecule has 1 N–H and O–H groups in total. The van der Waals surface area contributed by atoms with Crippen molar-refractivity contribution in [2.75, 3.05) is 0 Å². The minimum absolute atomic E-state index is 0.190. The first-order chi connectivity index (χ1) is 15.8. The van der Waals surface area contributed by atoms with Gasteiger partial charge in [0.05, 0.1) is 4.53 Å². The molecule has 0 spiro atoms. The average Bonchev–Trinajstić information content (AvgIpc) is 3.26. The molecular formula is C28H31N3O2S. The zero-order valence-electron chi connectivity index (χ0n) is 20.8. The molecule has 0 unspecified atom stereocenters. The van der Waals surface area contributed by atoms with E-state index >= 15 is 0 Å². The molecule has 0 aliphatic carbocycles. The van der Waals surface area contributed by atoms with Gasteiger partial charge in [0.2, 0.25) is 4.96 Å². The molecule has 0 saturated carbocycles. The first kappa shape index (κ1) is 23.9. The summed E-state index contributed by atoms with van der Waals surface area (Å²) in [6.07, 6.45) is 5.63. The zero-order valence-corrected chi connectivity index (χ0v) is 21.6. The van der Waals surface area contributed by atoms with Gasteiger partial charge in [0.25, 0.3) is 5.56 Å². The van der Waals surface area contributed by atoms with Gasteiger partial charge in [-0.25, -0.2) is 0 Å². The minimum atomic E-state index is -0.238. The minimum Gasteiger partial charge on any atom is -0.507 e. The summed E-state index contributed by atoms with van der Waals surface area (Å²) in [6, 6.07) is 12.1. The molecule has 2 heterocycles. The summed E-state index contributed by atoms with van der Waals surface area (Å²) < 4.78 is 1.93. The van der Waals surface area contributed by atoms with E-state index in [0.717, 1.165) is 22.3 Å². The number of phenolic OH excluding ortho intramolecular Hbond substituents is 1. The number of aromatic nitrogens is 3. The normalized spacial score (nSPS) is 13.4. The lowest BCUT2D eigenvalue weighted by molar-refractivity contribution is 0.423. The van der Waals surface area contributed by atoms with Gasteiger partial charge in [-0.3, -0.25) is 4.79 Å². The van der Waals surface area contributed by atoms with Crippen molar-refractivity contribution in [3.8, 4) is 5.75 Å². The molecule has 0 aliphatic heterocycles. The van der Waals surface area contributed by atoms with Crippen LogP contribution in [0.1, 0.15) is 75.2 Å². The Morgan fingerprint density at radius 2 is 1.50 bits per heavy atom. The van der Waals surface area contributed by atoms with E-state index in [4.69, 9.17) is 0 Å². The summed E-state index contributed by atoms with van der Waals surface area (Å²) >= 11 is 1.32. The maximum absolute atomic E-state index is 13.1. The maximum atomic E-state index is 13.1. The molecule has 0 radical (unpaired) electrons. The lowest BCUT2D eigenvalue weighted by atomic mass is 9.78. The summed E-state index contributed by atoms with van der Waals surface area (Å²) in [7, 11) is 0. The highest BCUT2D eigenvalue weighted by Crippen LogP contribution is 2.39. The Kier molecular flexibility index (Phi) is 5.98. The summed E-state index contributed by atoms with van der Waals surface area (Å²) in [4.78, 5) is 18.1. The molecule has 0 amide bonds. The largest absolute Gasteiger partial charge is 0.507 e. The van der Waals surface area contributed by atoms with Crippen molar-refractivity contribution < 1.29 is 5.11 Å². The predicted octanol–water partition coefficient (Wildman–Crippen LogP) is 5.48. The van der Waals surface area contributed by atoms with E-state index in [2.05, 4.69) is 70.7 Å². The van der Waals surface area contributed by atoms with E-state index in [1.165, 1.54) is 21.4 Å². The maximum Gasteiger partial charge on any atom is 0.291 e. The van der Waals surface area contributed by atoms with Gasteiger partial charge >= 0.3 is 0 Å². The summed E-state index contributed by atoms with van der Waals surface area (Å²) in [6.45, 7) is 14.5. The van der Waals surface area contributed by atoms with Crippen molar-refractivity contribution in [2.45, 2.75) is 59.3 Å². The number of thiazole rings is 1. The number of phenols is 1. The molecule has 34 heavy (non-hydrogen) atoms. The highest BCUT2D eigenvalue weighted by atomic mass is 32.1. The second kappa shape index (κ2) is 8.51. The molecule has 5 nitrogen and oxygen atoms in total. The fourth-order valence-corrected chi connectivity index (χ4v) is 4.72. The number of nitrogens with zero attached hydrogens (tertiary/aromatic N) is 3. The van der Waals surface area contributed by atoms with Crippen LogP contribution in [0.25, 0.3) is 23.2 Å². The number of rotatable bonds is 3. The molecule has 4 aromatic rings. The van der Waals surface area contributed by atoms with Gasteiger partial charge < -0.3 is 5.11 Å². The Bertz CT molecular complexity index is 1460. The van der Waals surface area contributed by atoms with Crippen molar-refractivity contribution in [1.82, 2.24) is 14.6 Å². The van der Waals surface area contributed by atoms with Gasteiger partial charge in [0, 0.05) is 11.1 Å². The Hall–Kier alpha value is -3.25. The Labute approximate surface area is 204 Å². The van der Waals surface area contributed by atoms with Gasteiger partial charge in [-0.1, -0.05) is 88.8 Å². The molecule has 0 atom stereocenters. The lowest BCUT2D eigenvalue weighted by Crippen LogP contribution is -2.24. The van der Waals surface area contributed by atoms with Crippen LogP contribution in [0.4, 0.5) is 0 Å². The number of hydrogen-bond donors (Lipinski definition) is 1. The van der Waals surface area contributed by atoms with Crippen molar-refractivity contribution in [3.05, 3.63) is 84.9 Å². The average molecular weight is 474 g/mol. The number of benzene rings is 2. The second-order valence-corrected chi connectivity index (χ2v) is 11.8. The molecule has 6 heteroatoms. The van der Waals surface area contributed by atoms with Crippen LogP contribution in [0, 0.1) is 6.92 Å². The van der Waals surface area contributed by atoms with Crippen LogP contribution in [-0.4, -0.2) is 19.7 Å². The van der Waals surface area contributed by atoms with E-state index in [1.807, 2.05) is 42.5 Å². The standard InChI is InChI=1S/C28H31N3O2S/c1-17-8-10-18(11-9-17)12-13-23-29-26-31(30-23)25(33)22(34-26)16-19-14-20(27(2,3)4)24(32)21(15-19)28(5,6)7/h8-16,32H,1-7H3/b13-12+,22-16-. The Morgan fingerprint density at radius 3 is 2.03 bits per heavy atom. The van der Waals surface area contributed by atoms with Crippen LogP contribution >= 0.6 is 11.3 Å². The van der Waals surface area contributed by atoms with Crippen molar-refractivity contribution in [3.63, 3.8) is 0 Å². The van der Waals surface area contributed by atoms with E-state index in [0.29, 0.717) is 21.1 Å². The van der Waals surface area contributed by atoms with Crippen LogP contribution in [0.3, 0.4) is 0 Å². The van der Waals surface area contributed by atoms with E-state index in [1.54, 1.807) is 0 Å². The molecule has 176 valence electrons. The third-order valence-corrected chi connectivity index (χ3v) is 6.71. The SMILES string of the molecule is Cc1ccc(/C=C/c2nc3s/c(=C\c4cc(C(C)(C)C)c(O)c(C(C)(C)C)c4)c(=O)n3n2)cc1. The zero-order chi connectivity index (χ0) is 24.8. The molecular weight excluding hydrogens is 442 g/mol. The molecule has 0 aliphatic rings. The van der Waals surface area contributed by atoms with Gasteiger partial charge in [0.1, 0.15) is 5.75 Å². The second-order valence-electron chi connectivity index (χ2n) is 10.8. The van der Waals surface area contributed by atoms with Gasteiger partial charge in [-0.15, -0.1) is 5.10 Å². The number of hydrogen-bond acceptors (Lipinski definition) is 5. The van der Waals surface area contributed by atoms with Gasteiger partial charge in [-0.2, -0.15) is 9.50 Å².